The molecular formula is C23H29N3O5S. The van der Waals surface area contributed by atoms with E-state index in [2.05, 4.69) is 10.6 Å². The van der Waals surface area contributed by atoms with E-state index in [-0.39, 0.29) is 35.5 Å². The number of benzene rings is 2. The average Bonchev–Trinajstić information content (AvgIpc) is 2.79. The van der Waals surface area contributed by atoms with Crippen LogP contribution < -0.4 is 10.6 Å². The molecule has 1 aliphatic rings. The van der Waals surface area contributed by atoms with Gasteiger partial charge in [0.25, 0.3) is 11.8 Å². The van der Waals surface area contributed by atoms with E-state index >= 15 is 0 Å². The van der Waals surface area contributed by atoms with Crippen LogP contribution in [-0.4, -0.2) is 56.9 Å². The van der Waals surface area contributed by atoms with E-state index in [4.69, 9.17) is 4.74 Å². The van der Waals surface area contributed by atoms with Gasteiger partial charge in [-0.25, -0.2) is 8.42 Å². The van der Waals surface area contributed by atoms with E-state index in [0.717, 1.165) is 6.42 Å². The van der Waals surface area contributed by atoms with E-state index in [0.29, 0.717) is 30.0 Å². The normalized spacial score (nSPS) is 15.7. The summed E-state index contributed by atoms with van der Waals surface area (Å²) in [6.07, 6.45) is 0.782. The minimum absolute atomic E-state index is 0.00409. The van der Waals surface area contributed by atoms with Crippen molar-refractivity contribution in [2.45, 2.75) is 38.1 Å². The van der Waals surface area contributed by atoms with Crippen LogP contribution in [0.4, 0.5) is 5.69 Å². The molecule has 0 radical (unpaired) electrons. The predicted octanol–water partition coefficient (Wildman–Crippen LogP) is 2.80. The quantitative estimate of drug-likeness (QED) is 0.663. The van der Waals surface area contributed by atoms with E-state index < -0.39 is 15.9 Å². The molecule has 9 heteroatoms. The van der Waals surface area contributed by atoms with Gasteiger partial charge >= 0.3 is 0 Å². The first-order valence-corrected chi connectivity index (χ1v) is 12.1. The number of para-hydroxylation sites is 1. The Hall–Kier alpha value is -2.75. The Bertz CT molecular complexity index is 1090. The van der Waals surface area contributed by atoms with Gasteiger partial charge in [-0.15, -0.1) is 0 Å². The van der Waals surface area contributed by atoms with Crippen molar-refractivity contribution in [3.05, 3.63) is 59.2 Å². The molecule has 172 valence electrons. The van der Waals surface area contributed by atoms with Crippen LogP contribution in [0.15, 0.2) is 47.4 Å². The minimum Gasteiger partial charge on any atom is -0.379 e. The van der Waals surface area contributed by atoms with Crippen LogP contribution in [0, 0.1) is 6.92 Å². The highest BCUT2D eigenvalue weighted by molar-refractivity contribution is 7.89. The van der Waals surface area contributed by atoms with Gasteiger partial charge < -0.3 is 15.4 Å². The van der Waals surface area contributed by atoms with E-state index in [9.17, 15) is 18.0 Å². The number of morpholine rings is 1. The number of nitrogens with one attached hydrogen (secondary N) is 2. The summed E-state index contributed by atoms with van der Waals surface area (Å²) >= 11 is 0. The Kier molecular flexibility index (Phi) is 7.65. The third kappa shape index (κ3) is 5.35. The lowest BCUT2D eigenvalue weighted by Crippen LogP contribution is -2.40. The average molecular weight is 460 g/mol. The van der Waals surface area contributed by atoms with Crippen LogP contribution >= 0.6 is 0 Å². The number of hydrogen-bond acceptors (Lipinski definition) is 5. The molecule has 3 rings (SSSR count). The fraction of sp³-hybridized carbons (Fsp3) is 0.391. The van der Waals surface area contributed by atoms with Crippen molar-refractivity contribution >= 4 is 27.5 Å². The van der Waals surface area contributed by atoms with Crippen LogP contribution in [0.5, 0.6) is 0 Å². The van der Waals surface area contributed by atoms with Gasteiger partial charge in [0.1, 0.15) is 0 Å². The van der Waals surface area contributed by atoms with Gasteiger partial charge in [-0.05, 0) is 50.1 Å². The van der Waals surface area contributed by atoms with Gasteiger partial charge in [0.15, 0.2) is 0 Å². The minimum atomic E-state index is -3.74. The SMILES string of the molecule is CCC(C)NC(=O)c1ccccc1NC(=O)c1cc(S(=O)(=O)N2CCOCC2)ccc1C. The zero-order valence-corrected chi connectivity index (χ0v) is 19.4. The monoisotopic (exact) mass is 459 g/mol. The molecule has 8 nitrogen and oxygen atoms in total. The number of sulfonamides is 1. The van der Waals surface area contributed by atoms with Crippen molar-refractivity contribution in [1.29, 1.82) is 0 Å². The number of rotatable bonds is 7. The lowest BCUT2D eigenvalue weighted by atomic mass is 10.1. The second-order valence-electron chi connectivity index (χ2n) is 7.78. The van der Waals surface area contributed by atoms with E-state index in [1.54, 1.807) is 37.3 Å². The van der Waals surface area contributed by atoms with E-state index in [1.807, 2.05) is 13.8 Å². The molecule has 1 fully saturated rings. The zero-order valence-electron chi connectivity index (χ0n) is 18.6. The molecule has 1 aliphatic heterocycles. The number of anilines is 1. The van der Waals surface area contributed by atoms with E-state index in [1.165, 1.54) is 16.4 Å². The molecule has 2 amide bonds. The molecule has 1 saturated heterocycles. The summed E-state index contributed by atoms with van der Waals surface area (Å²) in [5, 5.41) is 5.66. The molecule has 0 aromatic heterocycles. The highest BCUT2D eigenvalue weighted by Gasteiger charge is 2.27. The molecule has 0 aliphatic carbocycles. The highest BCUT2D eigenvalue weighted by atomic mass is 32.2. The maximum absolute atomic E-state index is 13.1. The number of carbonyl (C=O) groups is 2. The summed E-state index contributed by atoms with van der Waals surface area (Å²) in [7, 11) is -3.74. The summed E-state index contributed by atoms with van der Waals surface area (Å²) in [5.74, 6) is -0.763. The van der Waals surface area contributed by atoms with Crippen molar-refractivity contribution in [3.63, 3.8) is 0 Å². The van der Waals surface area contributed by atoms with Crippen LogP contribution in [-0.2, 0) is 14.8 Å². The zero-order chi connectivity index (χ0) is 23.3. The third-order valence-electron chi connectivity index (χ3n) is 5.47. The summed E-state index contributed by atoms with van der Waals surface area (Å²) in [6.45, 7) is 6.85. The third-order valence-corrected chi connectivity index (χ3v) is 7.37. The van der Waals surface area contributed by atoms with Crippen molar-refractivity contribution < 1.29 is 22.7 Å². The fourth-order valence-electron chi connectivity index (χ4n) is 3.33. The second-order valence-corrected chi connectivity index (χ2v) is 9.71. The second kappa shape index (κ2) is 10.2. The maximum Gasteiger partial charge on any atom is 0.255 e. The van der Waals surface area contributed by atoms with Gasteiger partial charge in [-0.3, -0.25) is 9.59 Å². The smallest absolute Gasteiger partial charge is 0.255 e. The van der Waals surface area contributed by atoms with Crippen molar-refractivity contribution in [2.75, 3.05) is 31.6 Å². The van der Waals surface area contributed by atoms with Crippen molar-refractivity contribution in [2.24, 2.45) is 0 Å². The van der Waals surface area contributed by atoms with Crippen molar-refractivity contribution in [1.82, 2.24) is 9.62 Å². The number of hydrogen-bond donors (Lipinski definition) is 2. The fourth-order valence-corrected chi connectivity index (χ4v) is 4.76. The largest absolute Gasteiger partial charge is 0.379 e. The van der Waals surface area contributed by atoms with Crippen LogP contribution in [0.1, 0.15) is 46.5 Å². The van der Waals surface area contributed by atoms with Gasteiger partial charge in [0.2, 0.25) is 10.0 Å². The molecule has 1 unspecified atom stereocenters. The number of aryl methyl sites for hydroxylation is 1. The van der Waals surface area contributed by atoms with Gasteiger partial charge in [0.05, 0.1) is 29.4 Å². The molecule has 32 heavy (non-hydrogen) atoms. The van der Waals surface area contributed by atoms with Crippen LogP contribution in [0.2, 0.25) is 0 Å². The Morgan fingerprint density at radius 1 is 1.06 bits per heavy atom. The molecule has 0 bridgehead atoms. The number of amides is 2. The topological polar surface area (TPSA) is 105 Å². The molecule has 2 aromatic rings. The summed E-state index contributed by atoms with van der Waals surface area (Å²) in [5.41, 5.74) is 1.57. The van der Waals surface area contributed by atoms with Gasteiger partial charge in [-0.2, -0.15) is 4.31 Å². The standard InChI is InChI=1S/C23H29N3O5S/c1-4-17(3)24-22(27)19-7-5-6-8-21(19)25-23(28)20-15-18(10-9-16(20)2)32(29,30)26-11-13-31-14-12-26/h5-10,15,17H,4,11-14H2,1-3H3,(H,24,27)(H,25,28). The molecule has 1 heterocycles. The molecule has 2 N–H and O–H groups in total. The number of carbonyl (C=O) groups excluding carboxylic acids is 2. The highest BCUT2D eigenvalue weighted by Crippen LogP contribution is 2.23. The Labute approximate surface area is 189 Å². The predicted molar refractivity (Wildman–Crippen MR) is 122 cm³/mol. The summed E-state index contributed by atoms with van der Waals surface area (Å²) < 4.78 is 32.6. The number of nitrogens with zero attached hydrogens (tertiary/aromatic N) is 1. The summed E-state index contributed by atoms with van der Waals surface area (Å²) in [6, 6.07) is 11.2. The lowest BCUT2D eigenvalue weighted by Gasteiger charge is -2.26. The Balaban J connectivity index is 1.86. The molecular weight excluding hydrogens is 430 g/mol. The lowest BCUT2D eigenvalue weighted by molar-refractivity contribution is 0.0730. The van der Waals surface area contributed by atoms with Gasteiger partial charge in [-0.1, -0.05) is 25.1 Å². The Morgan fingerprint density at radius 3 is 2.44 bits per heavy atom. The van der Waals surface area contributed by atoms with Crippen LogP contribution in [0.25, 0.3) is 0 Å². The first-order valence-electron chi connectivity index (χ1n) is 10.6. The molecule has 2 aromatic carbocycles. The first-order chi connectivity index (χ1) is 15.2. The van der Waals surface area contributed by atoms with Gasteiger partial charge in [0, 0.05) is 24.7 Å². The summed E-state index contributed by atoms with van der Waals surface area (Å²) in [4.78, 5) is 25.7. The molecule has 0 saturated carbocycles. The van der Waals surface area contributed by atoms with Crippen LogP contribution in [0.3, 0.4) is 0 Å². The molecule has 1 atom stereocenters. The Morgan fingerprint density at radius 2 is 1.75 bits per heavy atom. The maximum atomic E-state index is 13.1. The van der Waals surface area contributed by atoms with Crippen molar-refractivity contribution in [3.8, 4) is 0 Å². The first kappa shape index (κ1) is 23.9. The number of ether oxygens (including phenoxy) is 1. The molecule has 0 spiro atoms.